The van der Waals surface area contributed by atoms with Crippen molar-refractivity contribution < 1.29 is 14.3 Å². The molecule has 0 bridgehead atoms. The third kappa shape index (κ3) is 4.89. The van der Waals surface area contributed by atoms with Gasteiger partial charge in [-0.05, 0) is 53.7 Å². The molecular formula is C28H24N4O3S. The molecule has 0 aliphatic carbocycles. The van der Waals surface area contributed by atoms with Gasteiger partial charge in [0.1, 0.15) is 12.3 Å². The standard InChI is InChI=1S/C28H24N4O3S/c1-35-22-13-11-19(12-14-22)16-32-27(34)25(36-28(32)30-21-7-3-2-4-8-21)15-20-17-31(18-26(29)33)24-10-6-5-9-23(20)24/h2-15,17H,16,18H2,1H3,(H2,29,33). The average molecular weight is 497 g/mol. The Hall–Kier alpha value is -4.30. The highest BCUT2D eigenvalue weighted by Crippen LogP contribution is 2.36. The summed E-state index contributed by atoms with van der Waals surface area (Å²) in [7, 11) is 1.62. The number of primary amides is 1. The zero-order valence-corrected chi connectivity index (χ0v) is 20.4. The molecule has 180 valence electrons. The maximum atomic E-state index is 13.6. The number of benzene rings is 3. The number of hydrogen-bond acceptors (Lipinski definition) is 5. The highest BCUT2D eigenvalue weighted by Gasteiger charge is 2.33. The Labute approximate surface area is 212 Å². The molecule has 0 saturated carbocycles. The average Bonchev–Trinajstić information content (AvgIpc) is 3.37. The van der Waals surface area contributed by atoms with Crippen molar-refractivity contribution in [2.45, 2.75) is 13.1 Å². The monoisotopic (exact) mass is 496 g/mol. The summed E-state index contributed by atoms with van der Waals surface area (Å²) in [6.07, 6.45) is 3.72. The Bertz CT molecular complexity index is 1490. The van der Waals surface area contributed by atoms with Gasteiger partial charge in [0.2, 0.25) is 5.91 Å². The second kappa shape index (κ2) is 10.1. The Morgan fingerprint density at radius 2 is 1.75 bits per heavy atom. The van der Waals surface area contributed by atoms with Crippen LogP contribution in [-0.4, -0.2) is 33.6 Å². The molecule has 1 aliphatic heterocycles. The summed E-state index contributed by atoms with van der Waals surface area (Å²) in [5.41, 5.74) is 8.90. The number of fused-ring (bicyclic) bond motifs is 1. The maximum Gasteiger partial charge on any atom is 0.267 e. The Morgan fingerprint density at radius 3 is 2.47 bits per heavy atom. The van der Waals surface area contributed by atoms with Gasteiger partial charge < -0.3 is 15.0 Å². The number of hydrogen-bond donors (Lipinski definition) is 1. The summed E-state index contributed by atoms with van der Waals surface area (Å²) in [5, 5.41) is 1.55. The van der Waals surface area contributed by atoms with Gasteiger partial charge in [0.15, 0.2) is 5.17 Å². The molecule has 3 aromatic carbocycles. The summed E-state index contributed by atoms with van der Waals surface area (Å²) in [4.78, 5) is 32.2. The fraction of sp³-hybridized carbons (Fsp3) is 0.107. The van der Waals surface area contributed by atoms with Gasteiger partial charge >= 0.3 is 0 Å². The molecule has 2 heterocycles. The van der Waals surface area contributed by atoms with Crippen LogP contribution in [0.5, 0.6) is 5.75 Å². The van der Waals surface area contributed by atoms with Gasteiger partial charge in [-0.3, -0.25) is 14.5 Å². The minimum absolute atomic E-state index is 0.0646. The minimum Gasteiger partial charge on any atom is -0.497 e. The molecular weight excluding hydrogens is 472 g/mol. The van der Waals surface area contributed by atoms with E-state index < -0.39 is 5.91 Å². The van der Waals surface area contributed by atoms with Gasteiger partial charge in [-0.2, -0.15) is 0 Å². The molecule has 1 aliphatic rings. The van der Waals surface area contributed by atoms with Gasteiger partial charge in [-0.1, -0.05) is 48.5 Å². The number of methoxy groups -OCH3 is 1. The molecule has 1 fully saturated rings. The number of amidine groups is 1. The highest BCUT2D eigenvalue weighted by molar-refractivity contribution is 8.18. The fourth-order valence-electron chi connectivity index (χ4n) is 4.09. The van der Waals surface area contributed by atoms with Crippen molar-refractivity contribution in [2.24, 2.45) is 10.7 Å². The quantitative estimate of drug-likeness (QED) is 0.367. The van der Waals surface area contributed by atoms with Crippen molar-refractivity contribution in [3.8, 4) is 5.75 Å². The Kier molecular flexibility index (Phi) is 6.60. The number of nitrogens with two attached hydrogens (primary N) is 1. The molecule has 7 nitrogen and oxygen atoms in total. The van der Waals surface area contributed by atoms with Gasteiger partial charge in [-0.15, -0.1) is 0 Å². The van der Waals surface area contributed by atoms with Crippen LogP contribution in [0.15, 0.2) is 95.0 Å². The van der Waals surface area contributed by atoms with E-state index in [9.17, 15) is 9.59 Å². The van der Waals surface area contributed by atoms with Crippen LogP contribution in [0.2, 0.25) is 0 Å². The van der Waals surface area contributed by atoms with Gasteiger partial charge in [0.25, 0.3) is 5.91 Å². The molecule has 8 heteroatoms. The molecule has 1 aromatic heterocycles. The zero-order chi connectivity index (χ0) is 25.1. The van der Waals surface area contributed by atoms with Crippen LogP contribution in [0, 0.1) is 0 Å². The van der Waals surface area contributed by atoms with E-state index in [1.54, 1.807) is 12.0 Å². The van der Waals surface area contributed by atoms with Crippen LogP contribution in [0.3, 0.4) is 0 Å². The Balaban J connectivity index is 1.53. The molecule has 0 atom stereocenters. The third-order valence-electron chi connectivity index (χ3n) is 5.80. The first-order valence-corrected chi connectivity index (χ1v) is 12.2. The summed E-state index contributed by atoms with van der Waals surface area (Å²) in [6.45, 7) is 0.442. The molecule has 36 heavy (non-hydrogen) atoms. The van der Waals surface area contributed by atoms with Crippen LogP contribution in [-0.2, 0) is 22.7 Å². The molecule has 5 rings (SSSR count). The maximum absolute atomic E-state index is 13.6. The van der Waals surface area contributed by atoms with Crippen molar-refractivity contribution in [1.82, 2.24) is 9.47 Å². The second-order valence-electron chi connectivity index (χ2n) is 8.28. The fourth-order valence-corrected chi connectivity index (χ4v) is 5.08. The number of carbonyl (C=O) groups excluding carboxylic acids is 2. The largest absolute Gasteiger partial charge is 0.497 e. The molecule has 2 N–H and O–H groups in total. The van der Waals surface area contributed by atoms with Crippen LogP contribution in [0.4, 0.5) is 5.69 Å². The highest BCUT2D eigenvalue weighted by atomic mass is 32.2. The normalized spacial score (nSPS) is 15.8. The lowest BCUT2D eigenvalue weighted by atomic mass is 10.1. The van der Waals surface area contributed by atoms with Gasteiger partial charge in [0, 0.05) is 22.7 Å². The van der Waals surface area contributed by atoms with Gasteiger partial charge in [-0.25, -0.2) is 4.99 Å². The summed E-state index contributed by atoms with van der Waals surface area (Å²) >= 11 is 1.34. The van der Waals surface area contributed by atoms with Gasteiger partial charge in [0.05, 0.1) is 24.2 Å². The van der Waals surface area contributed by atoms with Crippen molar-refractivity contribution in [1.29, 1.82) is 0 Å². The van der Waals surface area contributed by atoms with E-state index >= 15 is 0 Å². The second-order valence-corrected chi connectivity index (χ2v) is 9.28. The number of amides is 2. The number of carbonyl (C=O) groups is 2. The molecule has 0 radical (unpaired) electrons. The lowest BCUT2D eigenvalue weighted by Crippen LogP contribution is -2.28. The van der Waals surface area contributed by atoms with Crippen LogP contribution < -0.4 is 10.5 Å². The van der Waals surface area contributed by atoms with E-state index in [-0.39, 0.29) is 12.5 Å². The third-order valence-corrected chi connectivity index (χ3v) is 6.81. The van der Waals surface area contributed by atoms with E-state index in [2.05, 4.69) is 0 Å². The topological polar surface area (TPSA) is 89.9 Å². The number of thioether (sulfide) groups is 1. The van der Waals surface area contributed by atoms with Crippen molar-refractivity contribution in [3.63, 3.8) is 0 Å². The van der Waals surface area contributed by atoms with E-state index in [1.165, 1.54) is 11.8 Å². The van der Waals surface area contributed by atoms with Crippen molar-refractivity contribution in [3.05, 3.63) is 101 Å². The van der Waals surface area contributed by atoms with E-state index in [1.807, 2.05) is 95.7 Å². The number of ether oxygens (including phenoxy) is 1. The SMILES string of the molecule is COc1ccc(CN2C(=O)C(=Cc3cn(CC(N)=O)c4ccccc34)SC2=Nc2ccccc2)cc1. The van der Waals surface area contributed by atoms with E-state index in [0.29, 0.717) is 16.6 Å². The lowest BCUT2D eigenvalue weighted by Gasteiger charge is -2.16. The van der Waals surface area contributed by atoms with Crippen molar-refractivity contribution >= 4 is 51.4 Å². The number of aliphatic imine (C=N–C) groups is 1. The first-order valence-electron chi connectivity index (χ1n) is 11.4. The number of rotatable bonds is 7. The Morgan fingerprint density at radius 1 is 1.03 bits per heavy atom. The smallest absolute Gasteiger partial charge is 0.267 e. The molecule has 2 amide bonds. The predicted octanol–water partition coefficient (Wildman–Crippen LogP) is 4.94. The molecule has 0 spiro atoms. The molecule has 1 saturated heterocycles. The van der Waals surface area contributed by atoms with E-state index in [4.69, 9.17) is 15.5 Å². The van der Waals surface area contributed by atoms with Crippen LogP contribution in [0.1, 0.15) is 11.1 Å². The van der Waals surface area contributed by atoms with Crippen molar-refractivity contribution in [2.75, 3.05) is 7.11 Å². The molecule has 0 unspecified atom stereocenters. The zero-order valence-electron chi connectivity index (χ0n) is 19.6. The first kappa shape index (κ1) is 23.4. The number of aromatic nitrogens is 1. The lowest BCUT2D eigenvalue weighted by molar-refractivity contribution is -0.122. The summed E-state index contributed by atoms with van der Waals surface area (Å²) in [5.74, 6) is 0.202. The summed E-state index contributed by atoms with van der Waals surface area (Å²) in [6, 6.07) is 24.9. The summed E-state index contributed by atoms with van der Waals surface area (Å²) < 4.78 is 7.06. The number of para-hydroxylation sites is 2. The van der Waals surface area contributed by atoms with Crippen LogP contribution >= 0.6 is 11.8 Å². The van der Waals surface area contributed by atoms with Crippen LogP contribution in [0.25, 0.3) is 17.0 Å². The first-order chi connectivity index (χ1) is 17.5. The minimum atomic E-state index is -0.427. The van der Waals surface area contributed by atoms with E-state index in [0.717, 1.165) is 33.5 Å². The predicted molar refractivity (Wildman–Crippen MR) is 144 cm³/mol. The number of nitrogens with zero attached hydrogens (tertiary/aromatic N) is 3. The molecule has 4 aromatic rings.